The number of nitrogens with one attached hydrogen (secondary N) is 1. The van der Waals surface area contributed by atoms with Gasteiger partial charge in [-0.2, -0.15) is 5.26 Å². The van der Waals surface area contributed by atoms with Crippen molar-refractivity contribution < 1.29 is 4.79 Å². The van der Waals surface area contributed by atoms with Crippen molar-refractivity contribution in [2.24, 2.45) is 0 Å². The van der Waals surface area contributed by atoms with Crippen LogP contribution in [0, 0.1) is 25.2 Å². The van der Waals surface area contributed by atoms with Crippen molar-refractivity contribution in [2.45, 2.75) is 25.4 Å². The van der Waals surface area contributed by atoms with Gasteiger partial charge in [0, 0.05) is 17.4 Å². The Morgan fingerprint density at radius 3 is 2.76 bits per heavy atom. The van der Waals surface area contributed by atoms with Crippen molar-refractivity contribution in [3.8, 4) is 6.07 Å². The van der Waals surface area contributed by atoms with E-state index in [1.165, 1.54) is 11.8 Å². The van der Waals surface area contributed by atoms with Gasteiger partial charge in [-0.3, -0.25) is 9.20 Å². The van der Waals surface area contributed by atoms with E-state index < -0.39 is 0 Å². The summed E-state index contributed by atoms with van der Waals surface area (Å²) < 4.78 is 1.83. The molecule has 0 fully saturated rings. The lowest BCUT2D eigenvalue weighted by Gasteiger charge is -2.06. The number of thioether (sulfide) groups is 1. The zero-order chi connectivity index (χ0) is 17.8. The van der Waals surface area contributed by atoms with Crippen LogP contribution in [-0.4, -0.2) is 31.2 Å². The maximum Gasteiger partial charge on any atom is 0.234 e. The first-order valence-corrected chi connectivity index (χ1v) is 8.63. The SMILES string of the molecule is Cc1cc2nnc(SCC(=O)Nc3ccc(CC#N)cc3)n2c(C)n1. The molecule has 8 heteroatoms. The Morgan fingerprint density at radius 2 is 2.04 bits per heavy atom. The summed E-state index contributed by atoms with van der Waals surface area (Å²) in [5.41, 5.74) is 3.22. The quantitative estimate of drug-likeness (QED) is 0.709. The second-order valence-electron chi connectivity index (χ2n) is 5.49. The molecule has 1 amide bonds. The number of benzene rings is 1. The largest absolute Gasteiger partial charge is 0.325 e. The van der Waals surface area contributed by atoms with Crippen LogP contribution in [0.2, 0.25) is 0 Å². The van der Waals surface area contributed by atoms with E-state index in [0.29, 0.717) is 17.3 Å². The first-order valence-electron chi connectivity index (χ1n) is 7.65. The van der Waals surface area contributed by atoms with Crippen LogP contribution in [0.1, 0.15) is 17.1 Å². The molecular formula is C17H16N6OS. The molecule has 126 valence electrons. The number of nitrogens with zero attached hydrogens (tertiary/aromatic N) is 5. The fourth-order valence-electron chi connectivity index (χ4n) is 2.42. The molecule has 0 spiro atoms. The van der Waals surface area contributed by atoms with Crippen LogP contribution in [0.25, 0.3) is 5.65 Å². The first kappa shape index (κ1) is 16.9. The molecule has 3 aromatic rings. The van der Waals surface area contributed by atoms with Crippen molar-refractivity contribution in [3.63, 3.8) is 0 Å². The molecule has 0 unspecified atom stereocenters. The Balaban J connectivity index is 1.64. The summed E-state index contributed by atoms with van der Waals surface area (Å²) in [7, 11) is 0. The summed E-state index contributed by atoms with van der Waals surface area (Å²) in [6, 6.07) is 11.2. The maximum absolute atomic E-state index is 12.1. The molecule has 0 bridgehead atoms. The van der Waals surface area contributed by atoms with Gasteiger partial charge in [0.25, 0.3) is 0 Å². The van der Waals surface area contributed by atoms with Crippen LogP contribution in [0.5, 0.6) is 0 Å². The molecule has 2 aromatic heterocycles. The first-order chi connectivity index (χ1) is 12.1. The molecule has 0 atom stereocenters. The Hall–Kier alpha value is -2.92. The van der Waals surface area contributed by atoms with Gasteiger partial charge in [-0.15, -0.1) is 10.2 Å². The maximum atomic E-state index is 12.1. The van der Waals surface area contributed by atoms with Crippen molar-refractivity contribution in [3.05, 3.63) is 47.4 Å². The van der Waals surface area contributed by atoms with E-state index in [9.17, 15) is 4.79 Å². The molecule has 0 saturated carbocycles. The number of fused-ring (bicyclic) bond motifs is 1. The minimum Gasteiger partial charge on any atom is -0.325 e. The summed E-state index contributed by atoms with van der Waals surface area (Å²) in [5, 5.41) is 20.4. The van der Waals surface area contributed by atoms with E-state index in [0.717, 1.165) is 22.7 Å². The highest BCUT2D eigenvalue weighted by molar-refractivity contribution is 7.99. The van der Waals surface area contributed by atoms with Crippen LogP contribution in [0.15, 0.2) is 35.5 Å². The molecule has 0 aliphatic carbocycles. The van der Waals surface area contributed by atoms with Crippen molar-refractivity contribution >= 4 is 29.0 Å². The van der Waals surface area contributed by atoms with Gasteiger partial charge in [-0.1, -0.05) is 23.9 Å². The number of carbonyl (C=O) groups excluding carboxylic acids is 1. The summed E-state index contributed by atoms with van der Waals surface area (Å²) in [6.07, 6.45) is 0.358. The van der Waals surface area contributed by atoms with Gasteiger partial charge >= 0.3 is 0 Å². The van der Waals surface area contributed by atoms with Crippen molar-refractivity contribution in [2.75, 3.05) is 11.1 Å². The second kappa shape index (κ2) is 7.32. The fourth-order valence-corrected chi connectivity index (χ4v) is 3.21. The monoisotopic (exact) mass is 352 g/mol. The van der Waals surface area contributed by atoms with Crippen molar-refractivity contribution in [1.29, 1.82) is 5.26 Å². The molecule has 0 aliphatic rings. The summed E-state index contributed by atoms with van der Waals surface area (Å²) in [6.45, 7) is 3.79. The molecule has 1 aromatic carbocycles. The topological polar surface area (TPSA) is 96.0 Å². The highest BCUT2D eigenvalue weighted by Crippen LogP contribution is 2.19. The van der Waals surface area contributed by atoms with Gasteiger partial charge in [0.1, 0.15) is 5.82 Å². The smallest absolute Gasteiger partial charge is 0.234 e. The second-order valence-corrected chi connectivity index (χ2v) is 6.43. The van der Waals surface area contributed by atoms with Gasteiger partial charge in [0.15, 0.2) is 10.8 Å². The van der Waals surface area contributed by atoms with E-state index >= 15 is 0 Å². The highest BCUT2D eigenvalue weighted by atomic mass is 32.2. The summed E-state index contributed by atoms with van der Waals surface area (Å²) >= 11 is 1.31. The molecule has 7 nitrogen and oxygen atoms in total. The van der Waals surface area contributed by atoms with E-state index in [4.69, 9.17) is 5.26 Å². The molecule has 0 saturated heterocycles. The lowest BCUT2D eigenvalue weighted by atomic mass is 10.1. The number of aromatic nitrogens is 4. The van der Waals surface area contributed by atoms with Gasteiger partial charge < -0.3 is 5.32 Å². The zero-order valence-corrected chi connectivity index (χ0v) is 14.7. The van der Waals surface area contributed by atoms with Gasteiger partial charge in [0.05, 0.1) is 18.2 Å². The Morgan fingerprint density at radius 1 is 1.28 bits per heavy atom. The molecule has 1 N–H and O–H groups in total. The normalized spacial score (nSPS) is 10.6. The number of nitriles is 1. The Kier molecular flexibility index (Phi) is 4.95. The van der Waals surface area contributed by atoms with Crippen LogP contribution < -0.4 is 5.32 Å². The summed E-state index contributed by atoms with van der Waals surface area (Å²) in [5.74, 6) is 0.872. The van der Waals surface area contributed by atoms with E-state index in [2.05, 4.69) is 26.6 Å². The minimum atomic E-state index is -0.132. The number of carbonyl (C=O) groups is 1. The fraction of sp³-hybridized carbons (Fsp3) is 0.235. The number of anilines is 1. The predicted molar refractivity (Wildman–Crippen MR) is 95.4 cm³/mol. The van der Waals surface area contributed by atoms with Crippen LogP contribution in [0.4, 0.5) is 5.69 Å². The third kappa shape index (κ3) is 3.95. The third-order valence-electron chi connectivity index (χ3n) is 3.51. The predicted octanol–water partition coefficient (Wildman–Crippen LogP) is 2.54. The average molecular weight is 352 g/mol. The van der Waals surface area contributed by atoms with Crippen molar-refractivity contribution in [1.82, 2.24) is 19.6 Å². The highest BCUT2D eigenvalue weighted by Gasteiger charge is 2.12. The van der Waals surface area contributed by atoms with Gasteiger partial charge in [-0.05, 0) is 31.5 Å². The molecule has 25 heavy (non-hydrogen) atoms. The van der Waals surface area contributed by atoms with Crippen LogP contribution in [-0.2, 0) is 11.2 Å². The van der Waals surface area contributed by atoms with Gasteiger partial charge in [0.2, 0.25) is 5.91 Å². The van der Waals surface area contributed by atoms with Gasteiger partial charge in [-0.25, -0.2) is 4.98 Å². The lowest BCUT2D eigenvalue weighted by molar-refractivity contribution is -0.113. The summed E-state index contributed by atoms with van der Waals surface area (Å²) in [4.78, 5) is 16.5. The molecular weight excluding hydrogens is 336 g/mol. The number of hydrogen-bond donors (Lipinski definition) is 1. The third-order valence-corrected chi connectivity index (χ3v) is 4.44. The minimum absolute atomic E-state index is 0.132. The van der Waals surface area contributed by atoms with Crippen LogP contribution >= 0.6 is 11.8 Å². The van der Waals surface area contributed by atoms with E-state index in [1.807, 2.05) is 36.4 Å². The molecule has 0 radical (unpaired) electrons. The molecule has 3 rings (SSSR count). The van der Waals surface area contributed by atoms with Crippen LogP contribution in [0.3, 0.4) is 0 Å². The van der Waals surface area contributed by atoms with E-state index in [-0.39, 0.29) is 11.7 Å². The molecule has 0 aliphatic heterocycles. The number of amides is 1. The standard InChI is InChI=1S/C17H16N6OS/c1-11-9-15-21-22-17(23(15)12(2)19-11)25-10-16(24)20-14-5-3-13(4-6-14)7-8-18/h3-6,9H,7,10H2,1-2H3,(H,20,24). The number of rotatable bonds is 5. The Bertz CT molecular complexity index is 958. The molecule has 2 heterocycles. The van der Waals surface area contributed by atoms with E-state index in [1.54, 1.807) is 12.1 Å². The number of aryl methyl sites for hydroxylation is 2. The number of hydrogen-bond acceptors (Lipinski definition) is 6. The zero-order valence-electron chi connectivity index (χ0n) is 13.9. The Labute approximate surface area is 149 Å². The lowest BCUT2D eigenvalue weighted by Crippen LogP contribution is -2.14. The average Bonchev–Trinajstić information content (AvgIpc) is 2.98.